The lowest BCUT2D eigenvalue weighted by atomic mass is 10.1. The summed E-state index contributed by atoms with van der Waals surface area (Å²) in [4.78, 5) is 17.8. The third-order valence-corrected chi connectivity index (χ3v) is 9.75. The predicted molar refractivity (Wildman–Crippen MR) is 210 cm³/mol. The van der Waals surface area contributed by atoms with Crippen LogP contribution in [0, 0.1) is 22.7 Å². The lowest BCUT2D eigenvalue weighted by Crippen LogP contribution is -2.07. The van der Waals surface area contributed by atoms with Gasteiger partial charge in [0.1, 0.15) is 23.6 Å². The van der Waals surface area contributed by atoms with Crippen molar-refractivity contribution in [3.63, 3.8) is 0 Å². The quantitative estimate of drug-likeness (QED) is 0.0466. The van der Waals surface area contributed by atoms with Crippen molar-refractivity contribution in [1.29, 1.82) is 10.5 Å². The summed E-state index contributed by atoms with van der Waals surface area (Å²) in [6, 6.07) is 19.4. The Hall–Kier alpha value is -4.12. The molecule has 0 unspecified atom stereocenters. The molecule has 0 amide bonds. The second kappa shape index (κ2) is 24.9. The Bertz CT molecular complexity index is 1590. The van der Waals surface area contributed by atoms with Gasteiger partial charge >= 0.3 is 0 Å². The molecule has 0 radical (unpaired) electrons. The molecule has 0 aliphatic carbocycles. The number of unbranched alkanes of at least 4 members (excludes halogenated alkanes) is 9. The molecule has 2 aromatic carbocycles. The highest BCUT2D eigenvalue weighted by molar-refractivity contribution is 7.99. The van der Waals surface area contributed by atoms with Gasteiger partial charge in [-0.15, -0.1) is 0 Å². The van der Waals surface area contributed by atoms with E-state index in [9.17, 15) is 0 Å². The summed E-state index contributed by atoms with van der Waals surface area (Å²) in [5.74, 6) is 3.53. The van der Waals surface area contributed by atoms with Crippen molar-refractivity contribution in [3.8, 4) is 45.9 Å². The van der Waals surface area contributed by atoms with Crippen molar-refractivity contribution in [1.82, 2.24) is 19.9 Å². The molecule has 4 rings (SSSR count). The molecule has 2 atom stereocenters. The van der Waals surface area contributed by atoms with Crippen LogP contribution in [0.2, 0.25) is 0 Å². The van der Waals surface area contributed by atoms with Crippen molar-refractivity contribution in [2.75, 3.05) is 11.5 Å². The zero-order valence-electron chi connectivity index (χ0n) is 30.6. The molecule has 2 heterocycles. The number of benzene rings is 2. The predicted octanol–water partition coefficient (Wildman–Crippen LogP) is 11.4. The first-order chi connectivity index (χ1) is 24.9. The van der Waals surface area contributed by atoms with Crippen LogP contribution >= 0.6 is 23.5 Å². The molecular formula is C41H52N6O2S2. The van der Waals surface area contributed by atoms with Crippen LogP contribution in [0.1, 0.15) is 98.3 Å². The second-order valence-corrected chi connectivity index (χ2v) is 14.3. The molecule has 51 heavy (non-hydrogen) atoms. The molecule has 2 aromatic heterocycles. The van der Waals surface area contributed by atoms with Crippen LogP contribution in [0.3, 0.4) is 0 Å². The van der Waals surface area contributed by atoms with Gasteiger partial charge in [-0.2, -0.15) is 10.5 Å². The van der Waals surface area contributed by atoms with Gasteiger partial charge in [-0.1, -0.05) is 119 Å². The number of hydrogen-bond donors (Lipinski definition) is 0. The van der Waals surface area contributed by atoms with Gasteiger partial charge in [-0.3, -0.25) is 0 Å². The number of nitrogens with zero attached hydrogens (tertiary/aromatic N) is 6. The van der Waals surface area contributed by atoms with Gasteiger partial charge in [0.2, 0.25) is 0 Å². The van der Waals surface area contributed by atoms with Crippen LogP contribution in [0.15, 0.2) is 83.6 Å². The summed E-state index contributed by atoms with van der Waals surface area (Å²) in [5, 5.41) is 19.2. The fourth-order valence-electron chi connectivity index (χ4n) is 4.91. The van der Waals surface area contributed by atoms with Crippen molar-refractivity contribution in [2.24, 2.45) is 0 Å². The van der Waals surface area contributed by atoms with E-state index in [0.717, 1.165) is 44.1 Å². The summed E-state index contributed by atoms with van der Waals surface area (Å²) >= 11 is 3.45. The molecule has 4 aromatic rings. The molecule has 0 bridgehead atoms. The SMILES string of the molecule is CCCCCCCCSc1ncc(-c2ccc(O[C@H](C)C#N)cc2)cn1.CCCCCCCSc1ncc(-c2ccc(O[C@H](C)C#N)cc2)cn1. The number of aromatic nitrogens is 4. The molecule has 0 aliphatic heterocycles. The zero-order valence-corrected chi connectivity index (χ0v) is 32.2. The molecule has 0 N–H and O–H groups in total. The summed E-state index contributed by atoms with van der Waals surface area (Å²) in [6.07, 6.45) is 20.8. The molecule has 0 fully saturated rings. The van der Waals surface area contributed by atoms with Crippen LogP contribution in [0.4, 0.5) is 0 Å². The Balaban J connectivity index is 0.000000276. The highest BCUT2D eigenvalue weighted by atomic mass is 32.2. The van der Waals surface area contributed by atoms with Gasteiger partial charge in [0.15, 0.2) is 22.5 Å². The molecule has 0 spiro atoms. The van der Waals surface area contributed by atoms with Crippen LogP contribution in [-0.2, 0) is 0 Å². The van der Waals surface area contributed by atoms with Crippen LogP contribution in [0.25, 0.3) is 22.3 Å². The fraction of sp³-hybridized carbons (Fsp3) is 0.463. The highest BCUT2D eigenvalue weighted by Gasteiger charge is 2.06. The minimum absolute atomic E-state index is 0.451. The topological polar surface area (TPSA) is 118 Å². The number of hydrogen-bond acceptors (Lipinski definition) is 10. The average Bonchev–Trinajstić information content (AvgIpc) is 3.17. The monoisotopic (exact) mass is 724 g/mol. The number of ether oxygens (including phenoxy) is 2. The van der Waals surface area contributed by atoms with Gasteiger partial charge in [0, 0.05) is 47.4 Å². The molecule has 8 nitrogen and oxygen atoms in total. The highest BCUT2D eigenvalue weighted by Crippen LogP contribution is 2.25. The number of thioether (sulfide) groups is 2. The fourth-order valence-corrected chi connectivity index (χ4v) is 6.48. The average molecular weight is 725 g/mol. The molecule has 10 heteroatoms. The summed E-state index contributed by atoms with van der Waals surface area (Å²) in [5.41, 5.74) is 4.03. The molecule has 0 saturated heterocycles. The Morgan fingerprint density at radius 3 is 1.18 bits per heavy atom. The van der Waals surface area contributed by atoms with E-state index in [-0.39, 0.29) is 0 Å². The van der Waals surface area contributed by atoms with E-state index in [0.29, 0.717) is 11.5 Å². The maximum atomic E-state index is 8.79. The first-order valence-electron chi connectivity index (χ1n) is 18.2. The first kappa shape index (κ1) is 41.3. The molecule has 0 saturated carbocycles. The van der Waals surface area contributed by atoms with E-state index in [1.807, 2.05) is 73.3 Å². The van der Waals surface area contributed by atoms with Gasteiger partial charge in [0.05, 0.1) is 0 Å². The lowest BCUT2D eigenvalue weighted by molar-refractivity contribution is 0.276. The first-order valence-corrected chi connectivity index (χ1v) is 20.2. The van der Waals surface area contributed by atoms with Crippen LogP contribution < -0.4 is 9.47 Å². The van der Waals surface area contributed by atoms with Gasteiger partial charge in [-0.25, -0.2) is 19.9 Å². The van der Waals surface area contributed by atoms with E-state index in [1.54, 1.807) is 37.4 Å². The normalized spacial score (nSPS) is 11.7. The van der Waals surface area contributed by atoms with Crippen molar-refractivity contribution < 1.29 is 9.47 Å². The summed E-state index contributed by atoms with van der Waals surface area (Å²) < 4.78 is 10.9. The van der Waals surface area contributed by atoms with Gasteiger partial charge in [0.25, 0.3) is 0 Å². The standard InChI is InChI=1S/C21H27N3OS.C20H25N3OS/c1-3-4-5-6-7-8-13-26-21-23-15-19(16-24-21)18-9-11-20(12-10-18)25-17(2)14-22;1-3-4-5-6-7-12-25-20-22-14-18(15-23-20)17-8-10-19(11-9-17)24-16(2)13-21/h9-12,15-17H,3-8,13H2,1-2H3;8-11,14-16H,3-7,12H2,1-2H3/t17-;16-/m11/s1. The minimum atomic E-state index is -0.452. The van der Waals surface area contributed by atoms with E-state index in [4.69, 9.17) is 20.0 Å². The van der Waals surface area contributed by atoms with Crippen molar-refractivity contribution in [2.45, 2.75) is 121 Å². The Morgan fingerprint density at radius 2 is 0.843 bits per heavy atom. The van der Waals surface area contributed by atoms with E-state index in [2.05, 4.69) is 45.9 Å². The molecule has 0 aliphatic rings. The third kappa shape index (κ3) is 16.6. The van der Waals surface area contributed by atoms with E-state index >= 15 is 0 Å². The Labute approximate surface area is 313 Å². The van der Waals surface area contributed by atoms with Crippen molar-refractivity contribution >= 4 is 23.5 Å². The minimum Gasteiger partial charge on any atom is -0.476 e. The number of nitriles is 2. The van der Waals surface area contributed by atoms with E-state index in [1.165, 1.54) is 70.6 Å². The number of rotatable bonds is 21. The Morgan fingerprint density at radius 1 is 0.510 bits per heavy atom. The van der Waals surface area contributed by atoms with Gasteiger partial charge in [-0.05, 0) is 62.1 Å². The molecule has 270 valence electrons. The van der Waals surface area contributed by atoms with Crippen LogP contribution in [-0.4, -0.2) is 43.6 Å². The maximum Gasteiger partial charge on any atom is 0.187 e. The molecular weight excluding hydrogens is 673 g/mol. The largest absolute Gasteiger partial charge is 0.476 e. The van der Waals surface area contributed by atoms with Crippen LogP contribution in [0.5, 0.6) is 11.5 Å². The summed E-state index contributed by atoms with van der Waals surface area (Å²) in [6.45, 7) is 7.93. The zero-order chi connectivity index (χ0) is 36.5. The second-order valence-electron chi connectivity index (χ2n) is 12.2. The summed E-state index contributed by atoms with van der Waals surface area (Å²) in [7, 11) is 0. The Kier molecular flexibility index (Phi) is 20.2. The maximum absolute atomic E-state index is 8.79. The third-order valence-electron chi connectivity index (χ3n) is 7.83. The van der Waals surface area contributed by atoms with Gasteiger partial charge < -0.3 is 9.47 Å². The van der Waals surface area contributed by atoms with Crippen molar-refractivity contribution in [3.05, 3.63) is 73.3 Å². The van der Waals surface area contributed by atoms with E-state index < -0.39 is 12.2 Å². The lowest BCUT2D eigenvalue weighted by Gasteiger charge is -2.08. The smallest absolute Gasteiger partial charge is 0.187 e.